The molecule has 2 atom stereocenters. The Balaban J connectivity index is 1.82. The van der Waals surface area contributed by atoms with E-state index in [0.717, 1.165) is 6.42 Å². The molecule has 26 heavy (non-hydrogen) atoms. The van der Waals surface area contributed by atoms with E-state index in [0.29, 0.717) is 52.3 Å². The molecule has 7 heteroatoms. The SMILES string of the molecule is COCCOCCCC(=O)C1CC2COCC(C1)N2C(=O)OC(C)(C)C. The summed E-state index contributed by atoms with van der Waals surface area (Å²) in [6, 6.07) is -0.159. The number of ether oxygens (including phenoxy) is 4. The molecule has 0 N–H and O–H groups in total. The van der Waals surface area contributed by atoms with Crippen LogP contribution in [-0.2, 0) is 23.7 Å². The van der Waals surface area contributed by atoms with Crippen LogP contribution in [0.2, 0.25) is 0 Å². The highest BCUT2D eigenvalue weighted by Crippen LogP contribution is 2.34. The van der Waals surface area contributed by atoms with Gasteiger partial charge in [-0.25, -0.2) is 4.79 Å². The predicted molar refractivity (Wildman–Crippen MR) is 96.1 cm³/mol. The minimum Gasteiger partial charge on any atom is -0.444 e. The minimum absolute atomic E-state index is 0.00781. The van der Waals surface area contributed by atoms with Gasteiger partial charge < -0.3 is 18.9 Å². The fourth-order valence-electron chi connectivity index (χ4n) is 3.59. The van der Waals surface area contributed by atoms with Gasteiger partial charge >= 0.3 is 6.09 Å². The Morgan fingerprint density at radius 2 is 1.73 bits per heavy atom. The lowest BCUT2D eigenvalue weighted by molar-refractivity contribution is -0.132. The smallest absolute Gasteiger partial charge is 0.410 e. The van der Waals surface area contributed by atoms with E-state index < -0.39 is 5.60 Å². The van der Waals surface area contributed by atoms with Crippen molar-refractivity contribution in [1.82, 2.24) is 4.90 Å². The van der Waals surface area contributed by atoms with Gasteiger partial charge in [0.15, 0.2) is 0 Å². The first-order valence-electron chi connectivity index (χ1n) is 9.50. The molecule has 0 aromatic heterocycles. The number of Topliss-reactive ketones (excluding diaryl/α,β-unsaturated/α-hetero) is 1. The van der Waals surface area contributed by atoms with E-state index in [1.807, 2.05) is 20.8 Å². The molecule has 2 aliphatic heterocycles. The Hall–Kier alpha value is -1.18. The van der Waals surface area contributed by atoms with Gasteiger partial charge in [0.2, 0.25) is 0 Å². The second kappa shape index (κ2) is 9.67. The number of piperidine rings is 1. The van der Waals surface area contributed by atoms with Gasteiger partial charge in [0.1, 0.15) is 11.4 Å². The maximum absolute atomic E-state index is 12.6. The minimum atomic E-state index is -0.526. The van der Waals surface area contributed by atoms with Crippen LogP contribution in [0.15, 0.2) is 0 Å². The number of carbonyl (C=O) groups is 2. The van der Waals surface area contributed by atoms with Crippen molar-refractivity contribution in [2.75, 3.05) is 40.1 Å². The molecule has 2 fully saturated rings. The quantitative estimate of drug-likeness (QED) is 0.610. The fourth-order valence-corrected chi connectivity index (χ4v) is 3.59. The van der Waals surface area contributed by atoms with Gasteiger partial charge in [-0.15, -0.1) is 0 Å². The summed E-state index contributed by atoms with van der Waals surface area (Å²) in [6.45, 7) is 8.23. The van der Waals surface area contributed by atoms with Crippen LogP contribution in [0, 0.1) is 5.92 Å². The van der Waals surface area contributed by atoms with Crippen LogP contribution in [0.5, 0.6) is 0 Å². The number of nitrogens with zero attached hydrogens (tertiary/aromatic N) is 1. The van der Waals surface area contributed by atoms with Gasteiger partial charge in [0.05, 0.1) is 38.5 Å². The number of rotatable bonds is 8. The third-order valence-corrected chi connectivity index (χ3v) is 4.72. The molecule has 150 valence electrons. The van der Waals surface area contributed by atoms with Crippen molar-refractivity contribution >= 4 is 11.9 Å². The third kappa shape index (κ3) is 6.21. The molecule has 0 aromatic rings. The molecule has 7 nitrogen and oxygen atoms in total. The number of hydrogen-bond acceptors (Lipinski definition) is 6. The lowest BCUT2D eigenvalue weighted by atomic mass is 9.81. The van der Waals surface area contributed by atoms with Crippen molar-refractivity contribution < 1.29 is 28.5 Å². The normalized spacial score (nSPS) is 25.8. The molecular formula is C19H33NO6. The number of carbonyl (C=O) groups excluding carboxylic acids is 2. The van der Waals surface area contributed by atoms with Crippen LogP contribution in [-0.4, -0.2) is 74.6 Å². The van der Waals surface area contributed by atoms with E-state index in [1.54, 1.807) is 12.0 Å². The lowest BCUT2D eigenvalue weighted by Gasteiger charge is -2.47. The number of fused-ring (bicyclic) bond motifs is 2. The summed E-state index contributed by atoms with van der Waals surface area (Å²) in [5.41, 5.74) is -0.526. The highest BCUT2D eigenvalue weighted by molar-refractivity contribution is 5.81. The molecule has 2 aliphatic rings. The zero-order valence-electron chi connectivity index (χ0n) is 16.5. The molecule has 0 aliphatic carbocycles. The van der Waals surface area contributed by atoms with Gasteiger partial charge in [-0.05, 0) is 40.0 Å². The zero-order chi connectivity index (χ0) is 19.2. The van der Waals surface area contributed by atoms with Crippen molar-refractivity contribution in [2.24, 2.45) is 5.92 Å². The summed E-state index contributed by atoms with van der Waals surface area (Å²) in [6.07, 6.45) is 2.25. The second-order valence-electron chi connectivity index (χ2n) is 8.08. The number of ketones is 1. The summed E-state index contributed by atoms with van der Waals surface area (Å²) in [7, 11) is 1.64. The molecule has 2 rings (SSSR count). The summed E-state index contributed by atoms with van der Waals surface area (Å²) in [5.74, 6) is 0.257. The fraction of sp³-hybridized carbons (Fsp3) is 0.895. The predicted octanol–water partition coefficient (Wildman–Crippen LogP) is 2.41. The molecule has 0 spiro atoms. The van der Waals surface area contributed by atoms with Gasteiger partial charge in [-0.1, -0.05) is 0 Å². The molecule has 2 heterocycles. The number of hydrogen-bond donors (Lipinski definition) is 0. The maximum atomic E-state index is 12.6. The number of methoxy groups -OCH3 is 1. The molecule has 0 aromatic carbocycles. The monoisotopic (exact) mass is 371 g/mol. The second-order valence-corrected chi connectivity index (χ2v) is 8.08. The van der Waals surface area contributed by atoms with Crippen molar-refractivity contribution in [3.05, 3.63) is 0 Å². The summed E-state index contributed by atoms with van der Waals surface area (Å²) >= 11 is 0. The lowest BCUT2D eigenvalue weighted by Crippen LogP contribution is -2.60. The Kier molecular flexibility index (Phi) is 7.85. The van der Waals surface area contributed by atoms with E-state index in [4.69, 9.17) is 18.9 Å². The Bertz CT molecular complexity index is 461. The largest absolute Gasteiger partial charge is 0.444 e. The first-order chi connectivity index (χ1) is 12.3. The topological polar surface area (TPSA) is 74.3 Å². The van der Waals surface area contributed by atoms with Crippen molar-refractivity contribution in [2.45, 2.75) is 64.1 Å². The van der Waals surface area contributed by atoms with Crippen molar-refractivity contribution in [1.29, 1.82) is 0 Å². The first-order valence-corrected chi connectivity index (χ1v) is 9.50. The van der Waals surface area contributed by atoms with Gasteiger partial charge in [0.25, 0.3) is 0 Å². The third-order valence-electron chi connectivity index (χ3n) is 4.72. The molecular weight excluding hydrogens is 338 g/mol. The Morgan fingerprint density at radius 1 is 1.08 bits per heavy atom. The van der Waals surface area contributed by atoms with Crippen LogP contribution in [0.1, 0.15) is 46.5 Å². The first kappa shape index (κ1) is 21.1. The van der Waals surface area contributed by atoms with Crippen LogP contribution in [0.25, 0.3) is 0 Å². The van der Waals surface area contributed by atoms with E-state index >= 15 is 0 Å². The summed E-state index contributed by atoms with van der Waals surface area (Å²) in [5, 5.41) is 0. The van der Waals surface area contributed by atoms with Gasteiger partial charge in [-0.2, -0.15) is 0 Å². The average Bonchev–Trinajstić information content (AvgIpc) is 2.55. The highest BCUT2D eigenvalue weighted by Gasteiger charge is 2.44. The van der Waals surface area contributed by atoms with Crippen LogP contribution in [0.3, 0.4) is 0 Å². The van der Waals surface area contributed by atoms with Crippen molar-refractivity contribution in [3.63, 3.8) is 0 Å². The van der Waals surface area contributed by atoms with E-state index in [2.05, 4.69) is 0 Å². The summed E-state index contributed by atoms with van der Waals surface area (Å²) < 4.78 is 21.5. The average molecular weight is 371 g/mol. The van der Waals surface area contributed by atoms with E-state index in [-0.39, 0.29) is 29.9 Å². The van der Waals surface area contributed by atoms with Crippen molar-refractivity contribution in [3.8, 4) is 0 Å². The zero-order valence-corrected chi connectivity index (χ0v) is 16.5. The molecule has 2 unspecified atom stereocenters. The Morgan fingerprint density at radius 3 is 2.31 bits per heavy atom. The Labute approximate surface area is 156 Å². The highest BCUT2D eigenvalue weighted by atomic mass is 16.6. The standard InChI is InChI=1S/C19H33NO6/c1-19(2,3)26-18(22)20-15-10-14(11-16(20)13-25-12-15)17(21)6-5-7-24-9-8-23-4/h14-16H,5-13H2,1-4H3. The number of amides is 1. The maximum Gasteiger partial charge on any atom is 0.410 e. The van der Waals surface area contributed by atoms with Gasteiger partial charge in [0, 0.05) is 26.1 Å². The van der Waals surface area contributed by atoms with Crippen LogP contribution in [0.4, 0.5) is 4.79 Å². The molecule has 0 radical (unpaired) electrons. The van der Waals surface area contributed by atoms with E-state index in [9.17, 15) is 9.59 Å². The molecule has 2 saturated heterocycles. The van der Waals surface area contributed by atoms with E-state index in [1.165, 1.54) is 0 Å². The molecule has 0 saturated carbocycles. The summed E-state index contributed by atoms with van der Waals surface area (Å²) in [4.78, 5) is 26.9. The molecule has 2 bridgehead atoms. The molecule has 1 amide bonds. The van der Waals surface area contributed by atoms with Crippen LogP contribution < -0.4 is 0 Å². The van der Waals surface area contributed by atoms with Crippen LogP contribution >= 0.6 is 0 Å². The van der Waals surface area contributed by atoms with Gasteiger partial charge in [-0.3, -0.25) is 9.69 Å². The number of morpholine rings is 1.